The molecule has 140 valence electrons. The van der Waals surface area contributed by atoms with E-state index in [0.29, 0.717) is 28.3 Å². The third-order valence-corrected chi connectivity index (χ3v) is 4.01. The van der Waals surface area contributed by atoms with Crippen LogP contribution in [0.1, 0.15) is 27.3 Å². The number of carbonyl (C=O) groups is 1. The molecule has 0 atom stereocenters. The second kappa shape index (κ2) is 7.06. The number of halogens is 3. The van der Waals surface area contributed by atoms with Gasteiger partial charge >= 0.3 is 6.18 Å². The maximum absolute atomic E-state index is 12.7. The second-order valence-corrected chi connectivity index (χ2v) is 5.75. The third kappa shape index (κ3) is 3.89. The predicted octanol–water partition coefficient (Wildman–Crippen LogP) is 2.70. The van der Waals surface area contributed by atoms with Gasteiger partial charge in [-0.1, -0.05) is 6.07 Å². The molecule has 1 amide bonds. The van der Waals surface area contributed by atoms with Gasteiger partial charge in [-0.2, -0.15) is 17.9 Å². The van der Waals surface area contributed by atoms with Crippen molar-refractivity contribution in [2.24, 2.45) is 5.73 Å². The van der Waals surface area contributed by atoms with Crippen molar-refractivity contribution in [3.8, 4) is 5.69 Å². The molecule has 27 heavy (non-hydrogen) atoms. The molecule has 2 aromatic carbocycles. The lowest BCUT2D eigenvalue weighted by molar-refractivity contribution is -0.137. The van der Waals surface area contributed by atoms with Gasteiger partial charge in [-0.25, -0.2) is 0 Å². The van der Waals surface area contributed by atoms with Crippen LogP contribution in [0.25, 0.3) is 5.69 Å². The minimum absolute atomic E-state index is 0.192. The van der Waals surface area contributed by atoms with Crippen molar-refractivity contribution < 1.29 is 18.0 Å². The van der Waals surface area contributed by atoms with E-state index in [2.05, 4.69) is 20.8 Å². The van der Waals surface area contributed by atoms with Crippen molar-refractivity contribution in [1.82, 2.24) is 20.2 Å². The van der Waals surface area contributed by atoms with Crippen molar-refractivity contribution >= 4 is 11.6 Å². The second-order valence-electron chi connectivity index (χ2n) is 5.75. The number of nitrogens with one attached hydrogen (secondary N) is 1. The minimum atomic E-state index is -4.41. The van der Waals surface area contributed by atoms with Gasteiger partial charge in [0.2, 0.25) is 5.91 Å². The molecule has 3 aromatic rings. The summed E-state index contributed by atoms with van der Waals surface area (Å²) in [7, 11) is 0. The molecule has 0 aliphatic rings. The summed E-state index contributed by atoms with van der Waals surface area (Å²) in [6.45, 7) is 1.94. The first-order chi connectivity index (χ1) is 12.8. The molecule has 3 N–H and O–H groups in total. The Morgan fingerprint density at radius 1 is 1.19 bits per heavy atom. The number of tetrazole rings is 1. The van der Waals surface area contributed by atoms with Gasteiger partial charge in [0.1, 0.15) is 0 Å². The van der Waals surface area contributed by atoms with Crippen LogP contribution in [-0.4, -0.2) is 26.1 Å². The van der Waals surface area contributed by atoms with Gasteiger partial charge in [-0.15, -0.1) is 5.10 Å². The number of aromatic nitrogens is 4. The smallest absolute Gasteiger partial charge is 0.377 e. The molecule has 1 aromatic heterocycles. The van der Waals surface area contributed by atoms with Gasteiger partial charge in [-0.3, -0.25) is 4.79 Å². The van der Waals surface area contributed by atoms with Crippen molar-refractivity contribution in [3.63, 3.8) is 0 Å². The summed E-state index contributed by atoms with van der Waals surface area (Å²) in [4.78, 5) is 11.4. The fraction of sp³-hybridized carbons (Fsp3) is 0.176. The Balaban J connectivity index is 1.81. The average molecular weight is 376 g/mol. The highest BCUT2D eigenvalue weighted by molar-refractivity contribution is 5.95. The minimum Gasteiger partial charge on any atom is -0.377 e. The van der Waals surface area contributed by atoms with E-state index < -0.39 is 17.6 Å². The average Bonchev–Trinajstić information content (AvgIpc) is 3.08. The van der Waals surface area contributed by atoms with E-state index in [1.165, 1.54) is 16.8 Å². The van der Waals surface area contributed by atoms with Crippen LogP contribution >= 0.6 is 0 Å². The molecule has 7 nitrogen and oxygen atoms in total. The molecule has 0 bridgehead atoms. The van der Waals surface area contributed by atoms with Crippen LogP contribution in [0.5, 0.6) is 0 Å². The maximum Gasteiger partial charge on any atom is 0.416 e. The zero-order valence-electron chi connectivity index (χ0n) is 14.2. The van der Waals surface area contributed by atoms with Gasteiger partial charge in [0, 0.05) is 11.3 Å². The zero-order valence-corrected chi connectivity index (χ0v) is 14.2. The van der Waals surface area contributed by atoms with Crippen LogP contribution in [-0.2, 0) is 12.7 Å². The summed E-state index contributed by atoms with van der Waals surface area (Å²) in [5.74, 6) is -0.149. The van der Waals surface area contributed by atoms with Gasteiger partial charge in [0.25, 0.3) is 0 Å². The number of rotatable bonds is 5. The Kier molecular flexibility index (Phi) is 4.80. The van der Waals surface area contributed by atoms with E-state index in [1.807, 2.05) is 0 Å². The number of anilines is 1. The van der Waals surface area contributed by atoms with Crippen LogP contribution in [0.2, 0.25) is 0 Å². The lowest BCUT2D eigenvalue weighted by atomic mass is 10.1. The maximum atomic E-state index is 12.7. The summed E-state index contributed by atoms with van der Waals surface area (Å²) in [5.41, 5.74) is 6.72. The lowest BCUT2D eigenvalue weighted by Gasteiger charge is -2.12. The molecule has 0 unspecified atom stereocenters. The number of primary amides is 1. The highest BCUT2D eigenvalue weighted by atomic mass is 19.4. The van der Waals surface area contributed by atoms with Gasteiger partial charge in [-0.05, 0) is 59.3 Å². The van der Waals surface area contributed by atoms with Crippen LogP contribution in [0.4, 0.5) is 18.9 Å². The number of hydrogen-bond donors (Lipinski definition) is 2. The number of amides is 1. The first-order valence-corrected chi connectivity index (χ1v) is 7.85. The topological polar surface area (TPSA) is 98.7 Å². The zero-order chi connectivity index (χ0) is 19.6. The van der Waals surface area contributed by atoms with Crippen molar-refractivity contribution in [3.05, 3.63) is 65.0 Å². The van der Waals surface area contributed by atoms with E-state index in [-0.39, 0.29) is 6.54 Å². The van der Waals surface area contributed by atoms with E-state index >= 15 is 0 Å². The molecule has 0 aliphatic carbocycles. The van der Waals surface area contributed by atoms with E-state index in [0.717, 1.165) is 12.1 Å². The van der Waals surface area contributed by atoms with Crippen molar-refractivity contribution in [2.45, 2.75) is 19.6 Å². The van der Waals surface area contributed by atoms with Crippen LogP contribution in [0, 0.1) is 6.92 Å². The number of nitrogens with zero attached hydrogens (tertiary/aromatic N) is 4. The van der Waals surface area contributed by atoms with Gasteiger partial charge in [0.05, 0.1) is 17.8 Å². The molecule has 0 fully saturated rings. The molecule has 0 saturated carbocycles. The fourth-order valence-electron chi connectivity index (χ4n) is 2.58. The fourth-order valence-corrected chi connectivity index (χ4v) is 2.58. The van der Waals surface area contributed by atoms with Gasteiger partial charge < -0.3 is 11.1 Å². The van der Waals surface area contributed by atoms with Crippen molar-refractivity contribution in [1.29, 1.82) is 0 Å². The Labute approximate surface area is 152 Å². The molecule has 0 spiro atoms. The molecule has 0 saturated heterocycles. The number of carbonyl (C=O) groups excluding carboxylic acids is 1. The van der Waals surface area contributed by atoms with E-state index in [4.69, 9.17) is 5.73 Å². The quantitative estimate of drug-likeness (QED) is 0.713. The van der Waals surface area contributed by atoms with Crippen molar-refractivity contribution in [2.75, 3.05) is 5.32 Å². The highest BCUT2D eigenvalue weighted by Gasteiger charge is 2.30. The SMILES string of the molecule is Cc1c(NCc2nnnn2-c2ccc(C(F)(F)F)cc2)cccc1C(N)=O. The molecular formula is C17H15F3N6O. The Hall–Kier alpha value is -3.43. The normalized spacial score (nSPS) is 11.4. The number of nitrogens with two attached hydrogens (primary N) is 1. The summed E-state index contributed by atoms with van der Waals surface area (Å²) in [6, 6.07) is 9.60. The molecule has 3 rings (SSSR count). The Bertz CT molecular complexity index is 966. The van der Waals surface area contributed by atoms with Gasteiger partial charge in [0.15, 0.2) is 5.82 Å². The number of hydrogen-bond acceptors (Lipinski definition) is 5. The molecule has 10 heteroatoms. The third-order valence-electron chi connectivity index (χ3n) is 4.01. The summed E-state index contributed by atoms with van der Waals surface area (Å²) in [6.07, 6.45) is -4.41. The first-order valence-electron chi connectivity index (χ1n) is 7.85. The van der Waals surface area contributed by atoms with E-state index in [9.17, 15) is 18.0 Å². The van der Waals surface area contributed by atoms with Crippen LogP contribution < -0.4 is 11.1 Å². The molecule has 1 heterocycles. The van der Waals surface area contributed by atoms with Crippen LogP contribution in [0.3, 0.4) is 0 Å². The largest absolute Gasteiger partial charge is 0.416 e. The van der Waals surface area contributed by atoms with Crippen LogP contribution in [0.15, 0.2) is 42.5 Å². The highest BCUT2D eigenvalue weighted by Crippen LogP contribution is 2.29. The Morgan fingerprint density at radius 3 is 2.52 bits per heavy atom. The Morgan fingerprint density at radius 2 is 1.89 bits per heavy atom. The molecule has 0 radical (unpaired) electrons. The predicted molar refractivity (Wildman–Crippen MR) is 91.2 cm³/mol. The van der Waals surface area contributed by atoms with E-state index in [1.54, 1.807) is 25.1 Å². The summed E-state index contributed by atoms with van der Waals surface area (Å²) < 4.78 is 39.4. The summed E-state index contributed by atoms with van der Waals surface area (Å²) in [5, 5.41) is 14.4. The molecular weight excluding hydrogens is 361 g/mol. The number of alkyl halides is 3. The summed E-state index contributed by atoms with van der Waals surface area (Å²) >= 11 is 0. The monoisotopic (exact) mass is 376 g/mol. The molecule has 0 aliphatic heterocycles. The lowest BCUT2D eigenvalue weighted by Crippen LogP contribution is -2.14. The standard InChI is InChI=1S/C17H15F3N6O/c1-10-13(16(21)27)3-2-4-14(10)22-9-15-23-24-25-26(15)12-7-5-11(6-8-12)17(18,19)20/h2-8,22H,9H2,1H3,(H2,21,27). The number of benzene rings is 2. The first kappa shape index (κ1) is 18.4.